The Balaban J connectivity index is 2.48. The maximum atomic E-state index is 10.9. The molecular weight excluding hydrogens is 238 g/mol. The summed E-state index contributed by atoms with van der Waals surface area (Å²) >= 11 is 5.89. The molecule has 0 saturated carbocycles. The molecule has 1 heterocycles. The lowest BCUT2D eigenvalue weighted by molar-refractivity contribution is 0.0695. The summed E-state index contributed by atoms with van der Waals surface area (Å²) in [6, 6.07) is 10.5. The molecule has 2 aromatic rings. The van der Waals surface area contributed by atoms with Crippen LogP contribution in [0.1, 0.15) is 16.1 Å². The third kappa shape index (κ3) is 2.45. The summed E-state index contributed by atoms with van der Waals surface area (Å²) in [7, 11) is 0. The maximum absolute atomic E-state index is 10.9. The molecule has 1 N–H and O–H groups in total. The fraction of sp³-hybridized carbons (Fsp3) is 0.0769. The number of rotatable bonds is 2. The highest BCUT2D eigenvalue weighted by molar-refractivity contribution is 6.30. The normalized spacial score (nSPS) is 10.2. The van der Waals surface area contributed by atoms with Crippen LogP contribution in [0.25, 0.3) is 11.3 Å². The topological polar surface area (TPSA) is 50.2 Å². The summed E-state index contributed by atoms with van der Waals surface area (Å²) in [6.07, 6.45) is 0. The third-order valence-electron chi connectivity index (χ3n) is 2.44. The number of carbonyl (C=O) groups is 1. The highest BCUT2D eigenvalue weighted by Crippen LogP contribution is 2.22. The van der Waals surface area contributed by atoms with Gasteiger partial charge >= 0.3 is 5.97 Å². The highest BCUT2D eigenvalue weighted by Gasteiger charge is 2.09. The fourth-order valence-corrected chi connectivity index (χ4v) is 1.79. The third-order valence-corrected chi connectivity index (χ3v) is 2.67. The van der Waals surface area contributed by atoms with Gasteiger partial charge in [-0.05, 0) is 31.2 Å². The van der Waals surface area contributed by atoms with E-state index >= 15 is 0 Å². The van der Waals surface area contributed by atoms with Crippen LogP contribution in [0.3, 0.4) is 0 Å². The minimum atomic E-state index is -0.965. The van der Waals surface area contributed by atoms with Crippen LogP contribution in [-0.4, -0.2) is 16.1 Å². The van der Waals surface area contributed by atoms with Crippen molar-refractivity contribution < 1.29 is 9.90 Å². The number of aryl methyl sites for hydroxylation is 1. The molecule has 1 aromatic carbocycles. The van der Waals surface area contributed by atoms with E-state index in [4.69, 9.17) is 16.7 Å². The highest BCUT2D eigenvalue weighted by atomic mass is 35.5. The number of aromatic nitrogens is 1. The van der Waals surface area contributed by atoms with Crippen molar-refractivity contribution in [1.82, 2.24) is 4.98 Å². The van der Waals surface area contributed by atoms with Gasteiger partial charge < -0.3 is 5.11 Å². The van der Waals surface area contributed by atoms with E-state index in [-0.39, 0.29) is 5.56 Å². The Morgan fingerprint density at radius 3 is 2.65 bits per heavy atom. The zero-order chi connectivity index (χ0) is 12.4. The van der Waals surface area contributed by atoms with Crippen molar-refractivity contribution >= 4 is 17.6 Å². The minimum Gasteiger partial charge on any atom is -0.478 e. The molecule has 0 aliphatic rings. The molecule has 0 aliphatic carbocycles. The summed E-state index contributed by atoms with van der Waals surface area (Å²) in [6.45, 7) is 1.68. The van der Waals surface area contributed by atoms with E-state index in [0.29, 0.717) is 10.7 Å². The average molecular weight is 248 g/mol. The van der Waals surface area contributed by atoms with E-state index in [1.807, 2.05) is 12.1 Å². The Morgan fingerprint density at radius 1 is 1.29 bits per heavy atom. The van der Waals surface area contributed by atoms with Gasteiger partial charge in [0.1, 0.15) is 0 Å². The molecule has 1 aromatic heterocycles. The van der Waals surface area contributed by atoms with Crippen LogP contribution in [0.15, 0.2) is 36.4 Å². The molecule has 0 radical (unpaired) electrons. The van der Waals surface area contributed by atoms with Crippen LogP contribution >= 0.6 is 11.6 Å². The number of hydrogen-bond donors (Lipinski definition) is 1. The SMILES string of the molecule is Cc1nc(-c2cccc(Cl)c2)ccc1C(=O)O. The van der Waals surface area contributed by atoms with Crippen LogP contribution in [0.4, 0.5) is 0 Å². The number of carboxylic acids is 1. The second kappa shape index (κ2) is 4.55. The maximum Gasteiger partial charge on any atom is 0.337 e. The zero-order valence-electron chi connectivity index (χ0n) is 9.14. The van der Waals surface area contributed by atoms with E-state index in [2.05, 4.69) is 4.98 Å². The van der Waals surface area contributed by atoms with E-state index in [1.54, 1.807) is 31.2 Å². The van der Waals surface area contributed by atoms with Gasteiger partial charge in [-0.1, -0.05) is 23.7 Å². The molecule has 4 heteroatoms. The minimum absolute atomic E-state index is 0.218. The molecule has 2 rings (SSSR count). The van der Waals surface area contributed by atoms with Gasteiger partial charge in [-0.2, -0.15) is 0 Å². The number of hydrogen-bond acceptors (Lipinski definition) is 2. The number of benzene rings is 1. The molecule has 0 bridgehead atoms. The van der Waals surface area contributed by atoms with Crippen LogP contribution in [0.5, 0.6) is 0 Å². The Hall–Kier alpha value is -1.87. The predicted octanol–water partition coefficient (Wildman–Crippen LogP) is 3.41. The van der Waals surface area contributed by atoms with Crippen LogP contribution in [0, 0.1) is 6.92 Å². The molecule has 0 amide bonds. The Morgan fingerprint density at radius 2 is 2.06 bits per heavy atom. The van der Waals surface area contributed by atoms with Crippen molar-refractivity contribution in [3.05, 3.63) is 52.7 Å². The quantitative estimate of drug-likeness (QED) is 0.885. The fourth-order valence-electron chi connectivity index (χ4n) is 1.60. The van der Waals surface area contributed by atoms with Crippen LogP contribution in [-0.2, 0) is 0 Å². The Labute approximate surface area is 104 Å². The lowest BCUT2D eigenvalue weighted by Gasteiger charge is -2.05. The summed E-state index contributed by atoms with van der Waals surface area (Å²) in [5, 5.41) is 9.54. The van der Waals surface area contributed by atoms with E-state index in [1.165, 1.54) is 0 Å². The standard InChI is InChI=1S/C13H10ClNO2/c1-8-11(13(16)17)5-6-12(15-8)9-3-2-4-10(14)7-9/h2-7H,1H3,(H,16,17). The van der Waals surface area contributed by atoms with Gasteiger partial charge in [0.15, 0.2) is 0 Å². The van der Waals surface area contributed by atoms with Crippen LogP contribution in [0.2, 0.25) is 5.02 Å². The van der Waals surface area contributed by atoms with Gasteiger partial charge in [-0.25, -0.2) is 4.79 Å². The first-order chi connectivity index (χ1) is 8.08. The Kier molecular flexibility index (Phi) is 3.11. The molecule has 86 valence electrons. The summed E-state index contributed by atoms with van der Waals surface area (Å²) < 4.78 is 0. The van der Waals surface area contributed by atoms with E-state index in [0.717, 1.165) is 11.3 Å². The summed E-state index contributed by atoms with van der Waals surface area (Å²) in [5.41, 5.74) is 2.30. The number of aromatic carboxylic acids is 1. The largest absolute Gasteiger partial charge is 0.478 e. The lowest BCUT2D eigenvalue weighted by atomic mass is 10.1. The first kappa shape index (κ1) is 11.6. The summed E-state index contributed by atoms with van der Waals surface area (Å²) in [4.78, 5) is 15.1. The number of pyridine rings is 1. The van der Waals surface area contributed by atoms with Gasteiger partial charge in [0, 0.05) is 10.6 Å². The van der Waals surface area contributed by atoms with Crippen molar-refractivity contribution in [2.75, 3.05) is 0 Å². The van der Waals surface area contributed by atoms with Crippen molar-refractivity contribution in [1.29, 1.82) is 0 Å². The number of carboxylic acid groups (broad SMARTS) is 1. The molecule has 0 unspecified atom stereocenters. The van der Waals surface area contributed by atoms with Crippen molar-refractivity contribution in [3.8, 4) is 11.3 Å². The second-order valence-corrected chi connectivity index (χ2v) is 4.08. The zero-order valence-corrected chi connectivity index (χ0v) is 9.90. The molecular formula is C13H10ClNO2. The van der Waals surface area contributed by atoms with Gasteiger partial charge in [0.2, 0.25) is 0 Å². The molecule has 0 spiro atoms. The van der Waals surface area contributed by atoms with E-state index in [9.17, 15) is 4.79 Å². The number of halogens is 1. The number of nitrogens with zero attached hydrogens (tertiary/aromatic N) is 1. The van der Waals surface area contributed by atoms with Gasteiger partial charge in [-0.3, -0.25) is 4.98 Å². The average Bonchev–Trinajstić information content (AvgIpc) is 2.28. The van der Waals surface area contributed by atoms with Crippen molar-refractivity contribution in [2.24, 2.45) is 0 Å². The smallest absolute Gasteiger partial charge is 0.337 e. The second-order valence-electron chi connectivity index (χ2n) is 3.64. The van der Waals surface area contributed by atoms with Gasteiger partial charge in [-0.15, -0.1) is 0 Å². The Bertz CT molecular complexity index is 581. The van der Waals surface area contributed by atoms with Crippen LogP contribution < -0.4 is 0 Å². The first-order valence-electron chi connectivity index (χ1n) is 5.05. The van der Waals surface area contributed by atoms with Gasteiger partial charge in [0.25, 0.3) is 0 Å². The monoisotopic (exact) mass is 247 g/mol. The van der Waals surface area contributed by atoms with E-state index < -0.39 is 5.97 Å². The molecule has 17 heavy (non-hydrogen) atoms. The van der Waals surface area contributed by atoms with Gasteiger partial charge in [0.05, 0.1) is 17.0 Å². The molecule has 0 saturated heterocycles. The molecule has 3 nitrogen and oxygen atoms in total. The molecule has 0 atom stereocenters. The lowest BCUT2D eigenvalue weighted by Crippen LogP contribution is -2.02. The van der Waals surface area contributed by atoms with Crippen molar-refractivity contribution in [3.63, 3.8) is 0 Å². The summed E-state index contributed by atoms with van der Waals surface area (Å²) in [5.74, 6) is -0.965. The molecule has 0 fully saturated rings. The first-order valence-corrected chi connectivity index (χ1v) is 5.42. The van der Waals surface area contributed by atoms with Crippen molar-refractivity contribution in [2.45, 2.75) is 6.92 Å². The predicted molar refractivity (Wildman–Crippen MR) is 66.4 cm³/mol. The molecule has 0 aliphatic heterocycles.